The SMILES string of the molecule is O=C(O)COCC(=O)O.O=C(O)COCC(=O)O. The Balaban J connectivity index is 0. The maximum absolute atomic E-state index is 9.66. The average molecular weight is 268 g/mol. The van der Waals surface area contributed by atoms with E-state index >= 15 is 0 Å². The van der Waals surface area contributed by atoms with Crippen molar-refractivity contribution in [1.82, 2.24) is 0 Å². The van der Waals surface area contributed by atoms with Gasteiger partial charge in [0.1, 0.15) is 26.4 Å². The van der Waals surface area contributed by atoms with E-state index in [1.54, 1.807) is 0 Å². The molecular weight excluding hydrogens is 256 g/mol. The summed E-state index contributed by atoms with van der Waals surface area (Å²) < 4.78 is 8.31. The summed E-state index contributed by atoms with van der Waals surface area (Å²) in [6.45, 7) is -2.25. The van der Waals surface area contributed by atoms with Crippen LogP contribution in [0.15, 0.2) is 0 Å². The highest BCUT2D eigenvalue weighted by Crippen LogP contribution is 1.73. The maximum Gasteiger partial charge on any atom is 0.329 e. The number of ether oxygens (including phenoxy) is 2. The highest BCUT2D eigenvalue weighted by atomic mass is 16.5. The minimum atomic E-state index is -1.17. The lowest BCUT2D eigenvalue weighted by Crippen LogP contribution is -2.13. The van der Waals surface area contributed by atoms with Crippen LogP contribution in [0.4, 0.5) is 0 Å². The summed E-state index contributed by atoms with van der Waals surface area (Å²) in [6, 6.07) is 0. The lowest BCUT2D eigenvalue weighted by atomic mass is 10.7. The van der Waals surface area contributed by atoms with E-state index < -0.39 is 50.3 Å². The van der Waals surface area contributed by atoms with Crippen molar-refractivity contribution in [1.29, 1.82) is 0 Å². The minimum Gasteiger partial charge on any atom is -0.480 e. The second kappa shape index (κ2) is 11.3. The maximum atomic E-state index is 9.66. The van der Waals surface area contributed by atoms with Crippen molar-refractivity contribution in [2.24, 2.45) is 0 Å². The number of carboxylic acids is 4. The normalized spacial score (nSPS) is 8.89. The molecule has 0 amide bonds. The fourth-order valence-electron chi connectivity index (χ4n) is 0.451. The minimum absolute atomic E-state index is 0.563. The molecule has 0 aliphatic rings. The van der Waals surface area contributed by atoms with E-state index in [4.69, 9.17) is 20.4 Å². The molecule has 0 aliphatic carbocycles. The zero-order chi connectivity index (χ0) is 14.6. The predicted octanol–water partition coefficient (Wildman–Crippen LogP) is -1.66. The van der Waals surface area contributed by atoms with Crippen LogP contribution in [-0.2, 0) is 28.7 Å². The predicted molar refractivity (Wildman–Crippen MR) is 52.2 cm³/mol. The van der Waals surface area contributed by atoms with Gasteiger partial charge in [0.15, 0.2) is 0 Å². The van der Waals surface area contributed by atoms with E-state index in [1.807, 2.05) is 0 Å². The standard InChI is InChI=1S/2C4H6O5/c2*5-3(6)1-9-2-4(7)8/h2*1-2H2,(H,5,6)(H,7,8). The quantitative estimate of drug-likeness (QED) is 0.400. The van der Waals surface area contributed by atoms with Gasteiger partial charge in [-0.3, -0.25) is 0 Å². The summed E-state index contributed by atoms with van der Waals surface area (Å²) in [5.74, 6) is -4.68. The van der Waals surface area contributed by atoms with Crippen LogP contribution in [0.2, 0.25) is 0 Å². The molecule has 0 aliphatic heterocycles. The zero-order valence-corrected chi connectivity index (χ0v) is 9.07. The summed E-state index contributed by atoms with van der Waals surface area (Å²) in [6.07, 6.45) is 0. The van der Waals surface area contributed by atoms with Crippen molar-refractivity contribution < 1.29 is 49.1 Å². The molecule has 0 saturated carbocycles. The number of hydrogen-bond acceptors (Lipinski definition) is 6. The summed E-state index contributed by atoms with van der Waals surface area (Å²) in [5, 5.41) is 31.6. The fourth-order valence-corrected chi connectivity index (χ4v) is 0.451. The van der Waals surface area contributed by atoms with Crippen molar-refractivity contribution in [3.05, 3.63) is 0 Å². The highest BCUT2D eigenvalue weighted by Gasteiger charge is 1.99. The second-order valence-electron chi connectivity index (χ2n) is 2.56. The summed E-state index contributed by atoms with van der Waals surface area (Å²) in [4.78, 5) is 38.7. The first-order valence-corrected chi connectivity index (χ1v) is 4.28. The molecule has 0 aromatic carbocycles. The molecule has 0 spiro atoms. The average Bonchev–Trinajstić information content (AvgIpc) is 2.15. The molecule has 0 unspecified atom stereocenters. The molecule has 104 valence electrons. The third-order valence-electron chi connectivity index (χ3n) is 0.902. The van der Waals surface area contributed by atoms with Gasteiger partial charge >= 0.3 is 23.9 Å². The number of carbonyl (C=O) groups is 4. The molecule has 0 rings (SSSR count). The van der Waals surface area contributed by atoms with E-state index in [0.717, 1.165) is 0 Å². The van der Waals surface area contributed by atoms with Crippen LogP contribution < -0.4 is 0 Å². The van der Waals surface area contributed by atoms with E-state index in [9.17, 15) is 19.2 Å². The number of rotatable bonds is 8. The highest BCUT2D eigenvalue weighted by molar-refractivity contribution is 5.71. The molecule has 0 fully saturated rings. The molecule has 0 heterocycles. The Kier molecular flexibility index (Phi) is 11.4. The van der Waals surface area contributed by atoms with Crippen molar-refractivity contribution in [2.75, 3.05) is 26.4 Å². The lowest BCUT2D eigenvalue weighted by molar-refractivity contribution is -0.150. The molecule has 18 heavy (non-hydrogen) atoms. The first-order chi connectivity index (χ1) is 8.25. The van der Waals surface area contributed by atoms with Crippen molar-refractivity contribution in [2.45, 2.75) is 0 Å². The smallest absolute Gasteiger partial charge is 0.329 e. The summed E-state index contributed by atoms with van der Waals surface area (Å²) in [7, 11) is 0. The van der Waals surface area contributed by atoms with Gasteiger partial charge in [0.2, 0.25) is 0 Å². The largest absolute Gasteiger partial charge is 0.480 e. The van der Waals surface area contributed by atoms with Crippen LogP contribution in [0, 0.1) is 0 Å². The Morgan fingerprint density at radius 3 is 0.833 bits per heavy atom. The Bertz CT molecular complexity index is 238. The van der Waals surface area contributed by atoms with Crippen molar-refractivity contribution >= 4 is 23.9 Å². The van der Waals surface area contributed by atoms with Crippen molar-refractivity contribution in [3.8, 4) is 0 Å². The van der Waals surface area contributed by atoms with Crippen LogP contribution in [0.5, 0.6) is 0 Å². The molecule has 10 heteroatoms. The molecule has 0 aromatic heterocycles. The third kappa shape index (κ3) is 23.5. The lowest BCUT2D eigenvalue weighted by Gasteiger charge is -1.92. The van der Waals surface area contributed by atoms with E-state index in [1.165, 1.54) is 0 Å². The van der Waals surface area contributed by atoms with Crippen LogP contribution in [-0.4, -0.2) is 70.7 Å². The first kappa shape index (κ1) is 18.2. The summed E-state index contributed by atoms with van der Waals surface area (Å²) in [5.41, 5.74) is 0. The monoisotopic (exact) mass is 268 g/mol. The van der Waals surface area contributed by atoms with Crippen molar-refractivity contribution in [3.63, 3.8) is 0 Å². The molecule has 0 saturated heterocycles. The second-order valence-corrected chi connectivity index (χ2v) is 2.56. The molecular formula is C8H12O10. The van der Waals surface area contributed by atoms with Gasteiger partial charge in [0.05, 0.1) is 0 Å². The first-order valence-electron chi connectivity index (χ1n) is 4.28. The molecule has 0 bridgehead atoms. The number of carboxylic acid groups (broad SMARTS) is 4. The van der Waals surface area contributed by atoms with Crippen LogP contribution in [0.25, 0.3) is 0 Å². The van der Waals surface area contributed by atoms with Crippen LogP contribution in [0.1, 0.15) is 0 Å². The van der Waals surface area contributed by atoms with Crippen LogP contribution >= 0.6 is 0 Å². The van der Waals surface area contributed by atoms with E-state index in [-0.39, 0.29) is 0 Å². The van der Waals surface area contributed by atoms with E-state index in [2.05, 4.69) is 9.47 Å². The fraction of sp³-hybridized carbons (Fsp3) is 0.500. The Morgan fingerprint density at radius 2 is 0.722 bits per heavy atom. The molecule has 0 aromatic rings. The van der Waals surface area contributed by atoms with Gasteiger partial charge in [-0.15, -0.1) is 0 Å². The van der Waals surface area contributed by atoms with Gasteiger partial charge in [-0.05, 0) is 0 Å². The van der Waals surface area contributed by atoms with Crippen LogP contribution in [0.3, 0.4) is 0 Å². The third-order valence-corrected chi connectivity index (χ3v) is 0.902. The van der Waals surface area contributed by atoms with Gasteiger partial charge in [0, 0.05) is 0 Å². The molecule has 0 radical (unpaired) electrons. The van der Waals surface area contributed by atoms with Gasteiger partial charge < -0.3 is 29.9 Å². The van der Waals surface area contributed by atoms with Gasteiger partial charge in [-0.2, -0.15) is 0 Å². The molecule has 10 nitrogen and oxygen atoms in total. The van der Waals surface area contributed by atoms with Gasteiger partial charge in [-0.1, -0.05) is 0 Å². The Labute approximate surface area is 100 Å². The van der Waals surface area contributed by atoms with E-state index in [0.29, 0.717) is 0 Å². The molecule has 4 N–H and O–H groups in total. The topological polar surface area (TPSA) is 168 Å². The van der Waals surface area contributed by atoms with Gasteiger partial charge in [0.25, 0.3) is 0 Å². The molecule has 0 atom stereocenters. The summed E-state index contributed by atoms with van der Waals surface area (Å²) >= 11 is 0. The number of aliphatic carboxylic acids is 4. The van der Waals surface area contributed by atoms with Gasteiger partial charge in [-0.25, -0.2) is 19.2 Å². The zero-order valence-electron chi connectivity index (χ0n) is 9.07. The number of hydrogen-bond donors (Lipinski definition) is 4. The Morgan fingerprint density at radius 1 is 0.556 bits per heavy atom. The Hall–Kier alpha value is -2.20.